The second kappa shape index (κ2) is 11.8. The number of rotatable bonds is 8. The van der Waals surface area contributed by atoms with E-state index in [0.717, 1.165) is 26.9 Å². The quantitative estimate of drug-likeness (QED) is 0.180. The van der Waals surface area contributed by atoms with Crippen LogP contribution in [-0.2, 0) is 14.8 Å². The molecule has 4 aromatic rings. The highest BCUT2D eigenvalue weighted by Crippen LogP contribution is 2.30. The van der Waals surface area contributed by atoms with Crippen molar-refractivity contribution in [3.05, 3.63) is 110 Å². The summed E-state index contributed by atoms with van der Waals surface area (Å²) in [6.45, 7) is 5.05. The van der Waals surface area contributed by atoms with Crippen LogP contribution in [-0.4, -0.2) is 31.7 Å². The van der Waals surface area contributed by atoms with Crippen LogP contribution in [0, 0.1) is 20.8 Å². The van der Waals surface area contributed by atoms with Crippen LogP contribution in [0.15, 0.2) is 82.8 Å². The summed E-state index contributed by atoms with van der Waals surface area (Å²) >= 11 is 18.7. The maximum Gasteiger partial charge on any atom is 0.264 e. The Bertz CT molecular complexity index is 1670. The number of halogens is 3. The minimum Gasteiger partial charge on any atom is -0.316 e. The molecule has 0 aliphatic carbocycles. The van der Waals surface area contributed by atoms with E-state index in [2.05, 4.69) is 10.5 Å². The lowest BCUT2D eigenvalue weighted by atomic mass is 10.2. The van der Waals surface area contributed by atoms with Gasteiger partial charge in [-0.15, -0.1) is 0 Å². The third-order valence-corrected chi connectivity index (χ3v) is 8.62. The molecule has 1 aromatic heterocycles. The van der Waals surface area contributed by atoms with Gasteiger partial charge in [0.05, 0.1) is 27.5 Å². The normalized spacial score (nSPS) is 11.6. The fourth-order valence-electron chi connectivity index (χ4n) is 4.20. The van der Waals surface area contributed by atoms with Gasteiger partial charge in [0.1, 0.15) is 6.54 Å². The number of hydrogen-bond donors (Lipinski definition) is 1. The summed E-state index contributed by atoms with van der Waals surface area (Å²) in [4.78, 5) is 13.0. The summed E-state index contributed by atoms with van der Waals surface area (Å²) in [7, 11) is -4.06. The number of aromatic nitrogens is 1. The van der Waals surface area contributed by atoms with Crippen molar-refractivity contribution in [2.75, 3.05) is 10.8 Å². The van der Waals surface area contributed by atoms with Gasteiger partial charge in [0.2, 0.25) is 0 Å². The van der Waals surface area contributed by atoms with Gasteiger partial charge in [0, 0.05) is 27.0 Å². The molecule has 3 aromatic carbocycles. The van der Waals surface area contributed by atoms with E-state index in [-0.39, 0.29) is 4.90 Å². The van der Waals surface area contributed by atoms with E-state index >= 15 is 0 Å². The average Bonchev–Trinajstić information content (AvgIpc) is 3.17. The van der Waals surface area contributed by atoms with Crippen molar-refractivity contribution in [2.45, 2.75) is 25.7 Å². The monoisotopic (exact) mass is 602 g/mol. The van der Waals surface area contributed by atoms with Gasteiger partial charge in [-0.1, -0.05) is 53.0 Å². The average molecular weight is 604 g/mol. The van der Waals surface area contributed by atoms with Crippen LogP contribution in [0.1, 0.15) is 22.5 Å². The number of nitrogens with zero attached hydrogens (tertiary/aromatic N) is 3. The third kappa shape index (κ3) is 6.31. The predicted octanol–water partition coefficient (Wildman–Crippen LogP) is 6.71. The molecule has 1 N–H and O–H groups in total. The number of sulfonamides is 1. The highest BCUT2D eigenvalue weighted by atomic mass is 35.5. The highest BCUT2D eigenvalue weighted by molar-refractivity contribution is 7.92. The fraction of sp³-hybridized carbons (Fsp3) is 0.143. The van der Waals surface area contributed by atoms with Crippen LogP contribution in [0.3, 0.4) is 0 Å². The van der Waals surface area contributed by atoms with E-state index in [1.54, 1.807) is 61.5 Å². The zero-order valence-corrected chi connectivity index (χ0v) is 24.4. The molecule has 0 radical (unpaired) electrons. The third-order valence-electron chi connectivity index (χ3n) is 6.06. The number of anilines is 1. The van der Waals surface area contributed by atoms with E-state index in [1.807, 2.05) is 24.5 Å². The lowest BCUT2D eigenvalue weighted by Crippen LogP contribution is -2.40. The first-order valence-electron chi connectivity index (χ1n) is 11.8. The van der Waals surface area contributed by atoms with E-state index in [9.17, 15) is 13.2 Å². The number of hydrazone groups is 1. The summed E-state index contributed by atoms with van der Waals surface area (Å²) in [6.07, 6.45) is 1.50. The molecule has 0 saturated carbocycles. The minimum atomic E-state index is -4.06. The molecule has 0 unspecified atom stereocenters. The Balaban J connectivity index is 1.58. The molecular formula is C28H25Cl3N4O3S. The standard InChI is InChI=1S/C28H25Cl3N4O3S/c1-18-13-22(29)10-12-26(18)34(39(37,38)24-7-5-4-6-8-24)17-28(36)33-32-16-21-14-19(2)35(20(21)3)27-15-23(30)9-11-25(27)31/h4-16H,17H2,1-3H3,(H,33,36)/b32-16-. The number of nitrogens with one attached hydrogen (secondary N) is 1. The Labute approximate surface area is 242 Å². The van der Waals surface area contributed by atoms with Crippen molar-refractivity contribution in [2.24, 2.45) is 5.10 Å². The Morgan fingerprint density at radius 2 is 1.62 bits per heavy atom. The molecule has 1 amide bonds. The van der Waals surface area contributed by atoms with Gasteiger partial charge in [0.15, 0.2) is 0 Å². The number of carbonyl (C=O) groups excluding carboxylic acids is 1. The van der Waals surface area contributed by atoms with E-state index in [1.165, 1.54) is 18.3 Å². The molecule has 202 valence electrons. The summed E-state index contributed by atoms with van der Waals surface area (Å²) in [5.41, 5.74) is 6.57. The van der Waals surface area contributed by atoms with Crippen LogP contribution in [0.25, 0.3) is 5.69 Å². The first kappa shape index (κ1) is 28.7. The Morgan fingerprint density at radius 3 is 2.31 bits per heavy atom. The topological polar surface area (TPSA) is 83.8 Å². The molecule has 0 aliphatic rings. The van der Waals surface area contributed by atoms with Crippen molar-refractivity contribution < 1.29 is 13.2 Å². The molecule has 4 rings (SSSR count). The van der Waals surface area contributed by atoms with Crippen molar-refractivity contribution in [1.82, 2.24) is 9.99 Å². The highest BCUT2D eigenvalue weighted by Gasteiger charge is 2.28. The molecule has 0 spiro atoms. The predicted molar refractivity (Wildman–Crippen MR) is 158 cm³/mol. The van der Waals surface area contributed by atoms with Crippen molar-refractivity contribution in [3.63, 3.8) is 0 Å². The Kier molecular flexibility index (Phi) is 8.71. The summed E-state index contributed by atoms with van der Waals surface area (Å²) in [6, 6.07) is 19.8. The van der Waals surface area contributed by atoms with Gasteiger partial charge in [-0.3, -0.25) is 9.10 Å². The summed E-state index contributed by atoms with van der Waals surface area (Å²) in [5, 5.41) is 5.63. The fourth-order valence-corrected chi connectivity index (χ4v) is 6.31. The molecule has 0 atom stereocenters. The number of carbonyl (C=O) groups is 1. The van der Waals surface area contributed by atoms with Crippen molar-refractivity contribution in [3.8, 4) is 5.69 Å². The van der Waals surface area contributed by atoms with E-state index < -0.39 is 22.5 Å². The Hall–Kier alpha value is -3.30. The van der Waals surface area contributed by atoms with Gasteiger partial charge in [-0.05, 0) is 80.9 Å². The van der Waals surface area contributed by atoms with Crippen LogP contribution < -0.4 is 9.73 Å². The summed E-state index contributed by atoms with van der Waals surface area (Å²) < 4.78 is 30.0. The molecule has 0 saturated heterocycles. The Morgan fingerprint density at radius 1 is 0.949 bits per heavy atom. The van der Waals surface area contributed by atoms with Gasteiger partial charge in [-0.25, -0.2) is 13.8 Å². The van der Waals surface area contributed by atoms with Gasteiger partial charge >= 0.3 is 0 Å². The van der Waals surface area contributed by atoms with Crippen LogP contribution in [0.5, 0.6) is 0 Å². The van der Waals surface area contributed by atoms with Gasteiger partial charge in [0.25, 0.3) is 15.9 Å². The molecule has 11 heteroatoms. The lowest BCUT2D eigenvalue weighted by molar-refractivity contribution is -0.119. The van der Waals surface area contributed by atoms with Crippen molar-refractivity contribution >= 4 is 62.6 Å². The van der Waals surface area contributed by atoms with Crippen LogP contribution >= 0.6 is 34.8 Å². The second-order valence-corrected chi connectivity index (χ2v) is 11.9. The molecule has 0 fully saturated rings. The molecule has 39 heavy (non-hydrogen) atoms. The van der Waals surface area contributed by atoms with Crippen LogP contribution in [0.4, 0.5) is 5.69 Å². The summed E-state index contributed by atoms with van der Waals surface area (Å²) in [5.74, 6) is -0.619. The maximum atomic E-state index is 13.5. The van der Waals surface area contributed by atoms with Gasteiger partial charge in [-0.2, -0.15) is 5.10 Å². The molecule has 7 nitrogen and oxygen atoms in total. The largest absolute Gasteiger partial charge is 0.316 e. The van der Waals surface area contributed by atoms with Gasteiger partial charge < -0.3 is 4.57 Å². The zero-order chi connectivity index (χ0) is 28.3. The van der Waals surface area contributed by atoms with Crippen LogP contribution in [0.2, 0.25) is 15.1 Å². The SMILES string of the molecule is Cc1cc(Cl)ccc1N(CC(=O)N/N=C\c1cc(C)n(-c2cc(Cl)ccc2Cl)c1C)S(=O)(=O)c1ccccc1. The number of aryl methyl sites for hydroxylation is 2. The molecule has 0 aliphatic heterocycles. The minimum absolute atomic E-state index is 0.0581. The van der Waals surface area contributed by atoms with E-state index in [0.29, 0.717) is 26.3 Å². The zero-order valence-electron chi connectivity index (χ0n) is 21.3. The second-order valence-electron chi connectivity index (χ2n) is 8.81. The lowest BCUT2D eigenvalue weighted by Gasteiger charge is -2.25. The first-order chi connectivity index (χ1) is 18.5. The number of hydrogen-bond acceptors (Lipinski definition) is 4. The van der Waals surface area contributed by atoms with E-state index in [4.69, 9.17) is 34.8 Å². The molecule has 0 bridgehead atoms. The molecule has 1 heterocycles. The molecular weight excluding hydrogens is 579 g/mol. The maximum absolute atomic E-state index is 13.5. The number of amides is 1. The first-order valence-corrected chi connectivity index (χ1v) is 14.4. The smallest absolute Gasteiger partial charge is 0.264 e. The number of benzene rings is 3. The van der Waals surface area contributed by atoms with Crippen molar-refractivity contribution in [1.29, 1.82) is 0 Å².